The van der Waals surface area contributed by atoms with E-state index < -0.39 is 11.3 Å². The molecule has 0 amide bonds. The van der Waals surface area contributed by atoms with Gasteiger partial charge in [0.15, 0.2) is 0 Å². The van der Waals surface area contributed by atoms with Gasteiger partial charge in [-0.2, -0.15) is 9.19 Å². The maximum atomic E-state index is 11.1. The molecule has 1 aromatic carbocycles. The van der Waals surface area contributed by atoms with Crippen molar-refractivity contribution < 1.29 is 8.76 Å². The molecule has 1 unspecified atom stereocenters. The highest BCUT2D eigenvalue weighted by atomic mass is 32.2. The fraction of sp³-hybridized carbons (Fsp3) is 0.417. The Morgan fingerprint density at radius 3 is 2.71 bits per heavy atom. The third-order valence-electron chi connectivity index (χ3n) is 3.47. The van der Waals surface area contributed by atoms with E-state index >= 15 is 0 Å². The van der Waals surface area contributed by atoms with E-state index in [1.165, 1.54) is 12.8 Å². The van der Waals surface area contributed by atoms with Crippen LogP contribution in [0.15, 0.2) is 24.3 Å². The molecule has 1 heterocycles. The molecule has 1 fully saturated rings. The molecule has 1 aliphatic carbocycles. The van der Waals surface area contributed by atoms with Crippen LogP contribution in [0.25, 0.3) is 10.9 Å². The van der Waals surface area contributed by atoms with Crippen molar-refractivity contribution in [2.24, 2.45) is 0 Å². The molecule has 1 aromatic heterocycles. The molecule has 0 aliphatic heterocycles. The Kier molecular flexibility index (Phi) is 2.72. The smallest absolute Gasteiger partial charge is 0.0829 e. The standard InChI is InChI=1S/C12H14N2O2S/c15-17(16)14-11-8-4-3-7-10(11)12(13-14)9-5-1-2-6-9/h3-4,7-9H,1-2,5-6H2,(H,15,16)/p-1. The molecule has 90 valence electrons. The largest absolute Gasteiger partial charge is 0.754 e. The molecule has 17 heavy (non-hydrogen) atoms. The van der Waals surface area contributed by atoms with Gasteiger partial charge in [-0.1, -0.05) is 31.0 Å². The zero-order valence-corrected chi connectivity index (χ0v) is 10.2. The van der Waals surface area contributed by atoms with Gasteiger partial charge >= 0.3 is 0 Å². The highest BCUT2D eigenvalue weighted by Crippen LogP contribution is 2.36. The summed E-state index contributed by atoms with van der Waals surface area (Å²) in [6, 6.07) is 7.53. The summed E-state index contributed by atoms with van der Waals surface area (Å²) in [5.41, 5.74) is 1.63. The summed E-state index contributed by atoms with van der Waals surface area (Å²) in [4.78, 5) is 0. The van der Waals surface area contributed by atoms with E-state index in [9.17, 15) is 8.76 Å². The van der Waals surface area contributed by atoms with Gasteiger partial charge in [-0.05, 0) is 18.9 Å². The molecular formula is C12H13N2O2S-. The van der Waals surface area contributed by atoms with Crippen LogP contribution in [-0.4, -0.2) is 17.9 Å². The van der Waals surface area contributed by atoms with Crippen molar-refractivity contribution in [1.29, 1.82) is 0 Å². The van der Waals surface area contributed by atoms with Gasteiger partial charge in [0.25, 0.3) is 0 Å². The molecule has 0 bridgehead atoms. The third kappa shape index (κ3) is 1.79. The summed E-state index contributed by atoms with van der Waals surface area (Å²) >= 11 is -2.33. The van der Waals surface area contributed by atoms with Gasteiger partial charge in [-0.3, -0.25) is 4.21 Å². The lowest BCUT2D eigenvalue weighted by Gasteiger charge is -2.06. The summed E-state index contributed by atoms with van der Waals surface area (Å²) in [5.74, 6) is 0.421. The predicted octanol–water partition coefficient (Wildman–Crippen LogP) is 2.34. The fourth-order valence-corrected chi connectivity index (χ4v) is 3.15. The molecule has 1 aliphatic rings. The van der Waals surface area contributed by atoms with Gasteiger partial charge in [0.05, 0.1) is 22.5 Å². The summed E-state index contributed by atoms with van der Waals surface area (Å²) in [7, 11) is 0. The molecule has 0 spiro atoms. The van der Waals surface area contributed by atoms with E-state index in [1.54, 1.807) is 6.07 Å². The molecule has 1 saturated carbocycles. The van der Waals surface area contributed by atoms with E-state index in [2.05, 4.69) is 5.10 Å². The molecule has 0 radical (unpaired) electrons. The van der Waals surface area contributed by atoms with E-state index in [-0.39, 0.29) is 0 Å². The monoisotopic (exact) mass is 249 g/mol. The number of rotatable bonds is 2. The van der Waals surface area contributed by atoms with Crippen molar-refractivity contribution in [3.8, 4) is 0 Å². The molecule has 4 nitrogen and oxygen atoms in total. The van der Waals surface area contributed by atoms with Crippen LogP contribution in [0.5, 0.6) is 0 Å². The van der Waals surface area contributed by atoms with Crippen LogP contribution >= 0.6 is 0 Å². The molecule has 0 saturated heterocycles. The van der Waals surface area contributed by atoms with Crippen molar-refractivity contribution in [3.63, 3.8) is 0 Å². The lowest BCUT2D eigenvalue weighted by molar-refractivity contribution is 0.521. The average molecular weight is 249 g/mol. The number of fused-ring (bicyclic) bond motifs is 1. The SMILES string of the molecule is O=S([O-])n1nc(C2CCCC2)c2ccccc21. The first-order valence-corrected chi connectivity index (χ1v) is 6.88. The minimum absolute atomic E-state index is 0.421. The second kappa shape index (κ2) is 4.23. The summed E-state index contributed by atoms with van der Waals surface area (Å²) < 4.78 is 23.4. The number of benzene rings is 1. The first kappa shape index (κ1) is 10.9. The van der Waals surface area contributed by atoms with Crippen LogP contribution in [0.4, 0.5) is 0 Å². The Labute approximate surface area is 102 Å². The van der Waals surface area contributed by atoms with E-state index in [4.69, 9.17) is 0 Å². The minimum atomic E-state index is -2.33. The molecular weight excluding hydrogens is 236 g/mol. The Morgan fingerprint density at radius 1 is 1.29 bits per heavy atom. The lowest BCUT2D eigenvalue weighted by Crippen LogP contribution is -2.05. The van der Waals surface area contributed by atoms with Gasteiger partial charge < -0.3 is 4.55 Å². The van der Waals surface area contributed by atoms with E-state index in [0.29, 0.717) is 11.4 Å². The molecule has 2 aromatic rings. The van der Waals surface area contributed by atoms with Crippen LogP contribution in [0.1, 0.15) is 37.3 Å². The van der Waals surface area contributed by atoms with Crippen molar-refractivity contribution in [2.75, 3.05) is 0 Å². The number of aromatic nitrogens is 2. The van der Waals surface area contributed by atoms with Crippen molar-refractivity contribution in [2.45, 2.75) is 31.6 Å². The van der Waals surface area contributed by atoms with Gasteiger partial charge in [-0.25, -0.2) is 0 Å². The maximum absolute atomic E-state index is 11.1. The number of nitrogens with zero attached hydrogens (tertiary/aromatic N) is 2. The first-order valence-electron chi connectivity index (χ1n) is 5.85. The zero-order valence-electron chi connectivity index (χ0n) is 9.33. The Bertz CT molecular complexity index is 573. The number of para-hydroxylation sites is 1. The molecule has 3 rings (SSSR count). The second-order valence-corrected chi connectivity index (χ2v) is 5.25. The maximum Gasteiger partial charge on any atom is 0.0829 e. The highest BCUT2D eigenvalue weighted by Gasteiger charge is 2.23. The summed E-state index contributed by atoms with van der Waals surface area (Å²) in [6.45, 7) is 0. The van der Waals surface area contributed by atoms with Gasteiger partial charge in [0.2, 0.25) is 0 Å². The number of hydrogen-bond donors (Lipinski definition) is 0. The number of hydrogen-bond acceptors (Lipinski definition) is 3. The van der Waals surface area contributed by atoms with Crippen molar-refractivity contribution in [1.82, 2.24) is 9.19 Å². The van der Waals surface area contributed by atoms with Crippen molar-refractivity contribution >= 4 is 22.2 Å². The third-order valence-corrected chi connectivity index (χ3v) is 4.03. The first-order chi connectivity index (χ1) is 8.27. The summed E-state index contributed by atoms with van der Waals surface area (Å²) in [6.07, 6.45) is 4.66. The highest BCUT2D eigenvalue weighted by molar-refractivity contribution is 7.77. The quantitative estimate of drug-likeness (QED) is 0.767. The van der Waals surface area contributed by atoms with Gasteiger partial charge in [0, 0.05) is 11.3 Å². The minimum Gasteiger partial charge on any atom is -0.754 e. The molecule has 1 atom stereocenters. The Morgan fingerprint density at radius 2 is 2.00 bits per heavy atom. The predicted molar refractivity (Wildman–Crippen MR) is 65.3 cm³/mol. The van der Waals surface area contributed by atoms with Crippen LogP contribution in [0, 0.1) is 0 Å². The van der Waals surface area contributed by atoms with Crippen molar-refractivity contribution in [3.05, 3.63) is 30.0 Å². The Balaban J connectivity index is 2.20. The lowest BCUT2D eigenvalue weighted by atomic mass is 10.0. The van der Waals surface area contributed by atoms with Crippen LogP contribution in [0.2, 0.25) is 0 Å². The molecule has 5 heteroatoms. The van der Waals surface area contributed by atoms with Crippen LogP contribution in [0.3, 0.4) is 0 Å². The van der Waals surface area contributed by atoms with Gasteiger partial charge in [0.1, 0.15) is 0 Å². The Hall–Kier alpha value is -1.20. The zero-order chi connectivity index (χ0) is 11.8. The fourth-order valence-electron chi connectivity index (χ4n) is 2.68. The topological polar surface area (TPSA) is 57.9 Å². The average Bonchev–Trinajstić information content (AvgIpc) is 2.95. The molecule has 0 N–H and O–H groups in total. The van der Waals surface area contributed by atoms with Crippen LogP contribution in [-0.2, 0) is 11.3 Å². The van der Waals surface area contributed by atoms with Crippen LogP contribution < -0.4 is 0 Å². The van der Waals surface area contributed by atoms with E-state index in [0.717, 1.165) is 28.0 Å². The normalized spacial score (nSPS) is 18.9. The second-order valence-electron chi connectivity index (χ2n) is 4.47. The summed E-state index contributed by atoms with van der Waals surface area (Å²) in [5, 5.41) is 5.25. The van der Waals surface area contributed by atoms with Gasteiger partial charge in [-0.15, -0.1) is 0 Å². The van der Waals surface area contributed by atoms with E-state index in [1.807, 2.05) is 18.2 Å².